The summed E-state index contributed by atoms with van der Waals surface area (Å²) in [5.41, 5.74) is 0. The lowest BCUT2D eigenvalue weighted by molar-refractivity contribution is 0.504. The van der Waals surface area contributed by atoms with Crippen LogP contribution >= 0.6 is 49.6 Å². The number of rotatable bonds is 0. The largest absolute Gasteiger partial charge is 0.147 e. The lowest BCUT2D eigenvalue weighted by Gasteiger charge is -2.05. The molecule has 1 aliphatic rings. The molecule has 4 heteroatoms. The van der Waals surface area contributed by atoms with Gasteiger partial charge in [0.15, 0.2) is 0 Å². The maximum Gasteiger partial charge on any atom is 0 e. The van der Waals surface area contributed by atoms with Crippen LogP contribution in [0.4, 0.5) is 0 Å². The Bertz CT molecular complexity index is 25.9. The van der Waals surface area contributed by atoms with Crippen molar-refractivity contribution in [3.63, 3.8) is 0 Å². The van der Waals surface area contributed by atoms with Gasteiger partial charge < -0.3 is 0 Å². The third kappa shape index (κ3) is 18.3. The van der Waals surface area contributed by atoms with Crippen molar-refractivity contribution in [2.75, 3.05) is 0 Å². The van der Waals surface area contributed by atoms with Crippen molar-refractivity contribution in [1.29, 1.82) is 0 Å². The van der Waals surface area contributed by atoms with E-state index in [4.69, 9.17) is 0 Å². The minimum absolute atomic E-state index is 0. The monoisotopic (exact) mass is 240 g/mol. The van der Waals surface area contributed by atoms with Gasteiger partial charge >= 0.3 is 0 Å². The fourth-order valence-corrected chi connectivity index (χ4v) is 1.06. The molecule has 1 fully saturated rings. The standard InChI is InChI=1S/C6H12.C.4ClH/c1-2-4-6-5-3-1;;;;;/h1-6H2;;4*1H. The van der Waals surface area contributed by atoms with Crippen LogP contribution in [-0.4, -0.2) is 0 Å². The Morgan fingerprint density at radius 1 is 0.364 bits per heavy atom. The second kappa shape index (κ2) is 22.5. The molecule has 0 atom stereocenters. The first kappa shape index (κ1) is 29.5. The molecule has 0 aromatic carbocycles. The smallest absolute Gasteiger partial charge is 0 e. The highest BCUT2D eigenvalue weighted by Crippen LogP contribution is 2.15. The molecule has 1 aliphatic carbocycles. The molecule has 11 heavy (non-hydrogen) atoms. The van der Waals surface area contributed by atoms with E-state index in [0.717, 1.165) is 0 Å². The molecular formula is C7H16Cl4. The summed E-state index contributed by atoms with van der Waals surface area (Å²) in [7, 11) is 0. The van der Waals surface area contributed by atoms with Crippen molar-refractivity contribution in [3.8, 4) is 0 Å². The van der Waals surface area contributed by atoms with Crippen molar-refractivity contribution in [3.05, 3.63) is 7.43 Å². The van der Waals surface area contributed by atoms with E-state index in [2.05, 4.69) is 0 Å². The minimum atomic E-state index is 0. The fraction of sp³-hybridized carbons (Fsp3) is 0.857. The van der Waals surface area contributed by atoms with Crippen molar-refractivity contribution in [2.24, 2.45) is 0 Å². The van der Waals surface area contributed by atoms with Gasteiger partial charge in [0.1, 0.15) is 0 Å². The van der Waals surface area contributed by atoms with Crippen LogP contribution in [0.3, 0.4) is 0 Å². The van der Waals surface area contributed by atoms with Gasteiger partial charge in [-0.05, 0) is 0 Å². The molecule has 0 amide bonds. The summed E-state index contributed by atoms with van der Waals surface area (Å²) >= 11 is 0. The maximum atomic E-state index is 1.50. The molecule has 1 saturated carbocycles. The van der Waals surface area contributed by atoms with E-state index >= 15 is 0 Å². The second-order valence-corrected chi connectivity index (χ2v) is 2.12. The average Bonchev–Trinajstić information content (AvgIpc) is 1.72. The molecule has 0 aromatic heterocycles. The average molecular weight is 242 g/mol. The van der Waals surface area contributed by atoms with E-state index in [1.54, 1.807) is 0 Å². The predicted octanol–water partition coefficient (Wildman–Crippen LogP) is 4.11. The molecule has 72 valence electrons. The van der Waals surface area contributed by atoms with E-state index in [-0.39, 0.29) is 57.1 Å². The van der Waals surface area contributed by atoms with Crippen LogP contribution in [0.15, 0.2) is 0 Å². The predicted molar refractivity (Wildman–Crippen MR) is 59.9 cm³/mol. The maximum absolute atomic E-state index is 1.50. The Balaban J connectivity index is -0.0000000240. The van der Waals surface area contributed by atoms with Crippen molar-refractivity contribution >= 4 is 49.6 Å². The Hall–Kier alpha value is 1.16. The van der Waals surface area contributed by atoms with E-state index < -0.39 is 0 Å². The Kier molecular flexibility index (Phi) is 60.3. The third-order valence-corrected chi connectivity index (χ3v) is 1.50. The van der Waals surface area contributed by atoms with E-state index in [1.807, 2.05) is 0 Å². The Labute approximate surface area is 95.5 Å². The van der Waals surface area contributed by atoms with Gasteiger partial charge in [0.2, 0.25) is 0 Å². The number of halogens is 4. The number of hydrogen-bond donors (Lipinski definition) is 0. The zero-order chi connectivity index (χ0) is 4.24. The normalized spacial score (nSPS) is 13.1. The zero-order valence-electron chi connectivity index (χ0n) is 6.38. The molecule has 0 aromatic rings. The molecule has 1 rings (SSSR count). The summed E-state index contributed by atoms with van der Waals surface area (Å²) in [6.45, 7) is 0. The van der Waals surface area contributed by atoms with Crippen molar-refractivity contribution < 1.29 is 0 Å². The van der Waals surface area contributed by atoms with Gasteiger partial charge in [-0.2, -0.15) is 0 Å². The lowest BCUT2D eigenvalue weighted by atomic mass is 10.0. The number of hydrogen-bond acceptors (Lipinski definition) is 0. The van der Waals surface area contributed by atoms with Gasteiger partial charge in [-0.3, -0.25) is 0 Å². The van der Waals surface area contributed by atoms with Gasteiger partial charge in [-0.15, -0.1) is 49.6 Å². The summed E-state index contributed by atoms with van der Waals surface area (Å²) in [5, 5.41) is 0. The van der Waals surface area contributed by atoms with Gasteiger partial charge in [0.05, 0.1) is 0 Å². The van der Waals surface area contributed by atoms with Crippen LogP contribution in [0.25, 0.3) is 0 Å². The summed E-state index contributed by atoms with van der Waals surface area (Å²) in [6, 6.07) is 0. The molecule has 0 nitrogen and oxygen atoms in total. The Morgan fingerprint density at radius 2 is 0.455 bits per heavy atom. The first-order valence-corrected chi connectivity index (χ1v) is 3.00. The molecule has 0 bridgehead atoms. The molecule has 0 heterocycles. The van der Waals surface area contributed by atoms with E-state index in [0.29, 0.717) is 0 Å². The molecule has 0 N–H and O–H groups in total. The molecular weight excluding hydrogens is 226 g/mol. The third-order valence-electron chi connectivity index (χ3n) is 1.50. The van der Waals surface area contributed by atoms with Crippen LogP contribution in [0.2, 0.25) is 0 Å². The highest BCUT2D eigenvalue weighted by molar-refractivity contribution is 5.86. The van der Waals surface area contributed by atoms with Crippen LogP contribution in [0.1, 0.15) is 38.5 Å². The first-order valence-electron chi connectivity index (χ1n) is 3.00. The van der Waals surface area contributed by atoms with Crippen molar-refractivity contribution in [1.82, 2.24) is 0 Å². The SMILES string of the molecule is C1CCCCC1.Cl.Cl.Cl.Cl.[C]. The molecule has 4 radical (unpaired) electrons. The fourth-order valence-electron chi connectivity index (χ4n) is 1.06. The van der Waals surface area contributed by atoms with Crippen LogP contribution in [0.5, 0.6) is 0 Å². The van der Waals surface area contributed by atoms with Gasteiger partial charge in [-0.25, -0.2) is 0 Å². The lowest BCUT2D eigenvalue weighted by Crippen LogP contribution is -1.85. The highest BCUT2D eigenvalue weighted by Gasteiger charge is 1.95. The minimum Gasteiger partial charge on any atom is -0.147 e. The first-order chi connectivity index (χ1) is 3.00. The second-order valence-electron chi connectivity index (χ2n) is 2.12. The van der Waals surface area contributed by atoms with E-state index in [9.17, 15) is 0 Å². The highest BCUT2D eigenvalue weighted by atomic mass is 35.5. The molecule has 0 spiro atoms. The van der Waals surface area contributed by atoms with Gasteiger partial charge in [0, 0.05) is 7.43 Å². The van der Waals surface area contributed by atoms with Gasteiger partial charge in [-0.1, -0.05) is 38.5 Å². The quantitative estimate of drug-likeness (QED) is 0.599. The van der Waals surface area contributed by atoms with E-state index in [1.165, 1.54) is 38.5 Å². The summed E-state index contributed by atoms with van der Waals surface area (Å²) in [6.07, 6.45) is 9.00. The van der Waals surface area contributed by atoms with Crippen LogP contribution < -0.4 is 0 Å². The van der Waals surface area contributed by atoms with Crippen LogP contribution in [-0.2, 0) is 0 Å². The zero-order valence-corrected chi connectivity index (χ0v) is 9.64. The van der Waals surface area contributed by atoms with Crippen molar-refractivity contribution in [2.45, 2.75) is 38.5 Å². The summed E-state index contributed by atoms with van der Waals surface area (Å²) in [5.74, 6) is 0. The molecule has 0 aliphatic heterocycles. The molecule has 0 saturated heterocycles. The summed E-state index contributed by atoms with van der Waals surface area (Å²) < 4.78 is 0. The van der Waals surface area contributed by atoms with Gasteiger partial charge in [0.25, 0.3) is 0 Å². The Morgan fingerprint density at radius 3 is 0.545 bits per heavy atom. The van der Waals surface area contributed by atoms with Crippen LogP contribution in [0, 0.1) is 7.43 Å². The molecule has 0 unspecified atom stereocenters. The topological polar surface area (TPSA) is 0 Å². The summed E-state index contributed by atoms with van der Waals surface area (Å²) in [4.78, 5) is 0.